The first-order chi connectivity index (χ1) is 8.24. The van der Waals surface area contributed by atoms with Crippen LogP contribution < -0.4 is 10.6 Å². The van der Waals surface area contributed by atoms with Crippen molar-refractivity contribution in [2.75, 3.05) is 19.6 Å². The predicted molar refractivity (Wildman–Crippen MR) is 71.1 cm³/mol. The Hall–Kier alpha value is -1.10. The van der Waals surface area contributed by atoms with Gasteiger partial charge in [-0.3, -0.25) is 9.59 Å². The van der Waals surface area contributed by atoms with E-state index in [4.69, 9.17) is 0 Å². The molecule has 0 aliphatic carbocycles. The van der Waals surface area contributed by atoms with Gasteiger partial charge in [-0.05, 0) is 26.7 Å². The Morgan fingerprint density at radius 3 is 2.61 bits per heavy atom. The van der Waals surface area contributed by atoms with Gasteiger partial charge in [-0.15, -0.1) is 0 Å². The molecule has 1 unspecified atom stereocenters. The minimum atomic E-state index is -0.567. The van der Waals surface area contributed by atoms with E-state index in [0.29, 0.717) is 12.5 Å². The Bertz CT molecular complexity index is 326. The summed E-state index contributed by atoms with van der Waals surface area (Å²) < 4.78 is 0. The maximum atomic E-state index is 12.1. The fraction of sp³-hybridized carbons (Fsp3) is 0.846. The lowest BCUT2D eigenvalue weighted by Crippen LogP contribution is -2.62. The maximum absolute atomic E-state index is 12.1. The molecule has 2 amide bonds. The average molecular weight is 255 g/mol. The van der Waals surface area contributed by atoms with Gasteiger partial charge in [0, 0.05) is 19.1 Å². The number of amides is 2. The second-order valence-electron chi connectivity index (χ2n) is 5.88. The molecule has 5 heteroatoms. The smallest absolute Gasteiger partial charge is 0.242 e. The van der Waals surface area contributed by atoms with Crippen molar-refractivity contribution in [2.24, 2.45) is 5.92 Å². The second-order valence-corrected chi connectivity index (χ2v) is 5.88. The first kappa shape index (κ1) is 15.0. The molecule has 0 aromatic heterocycles. The minimum absolute atomic E-state index is 0.0129. The topological polar surface area (TPSA) is 61.4 Å². The fourth-order valence-corrected chi connectivity index (χ4v) is 1.87. The summed E-state index contributed by atoms with van der Waals surface area (Å²) in [4.78, 5) is 25.6. The van der Waals surface area contributed by atoms with Crippen LogP contribution >= 0.6 is 0 Å². The van der Waals surface area contributed by atoms with Crippen LogP contribution in [0.15, 0.2) is 0 Å². The first-order valence-electron chi connectivity index (χ1n) is 6.58. The third kappa shape index (κ3) is 3.70. The average Bonchev–Trinajstić information content (AvgIpc) is 2.24. The Balaban J connectivity index is 2.52. The summed E-state index contributed by atoms with van der Waals surface area (Å²) in [5, 5.41) is 6.07. The molecule has 0 spiro atoms. The lowest BCUT2D eigenvalue weighted by Gasteiger charge is -2.37. The van der Waals surface area contributed by atoms with E-state index < -0.39 is 5.54 Å². The van der Waals surface area contributed by atoms with E-state index in [1.807, 2.05) is 20.8 Å². The molecule has 5 nitrogen and oxygen atoms in total. The molecule has 18 heavy (non-hydrogen) atoms. The van der Waals surface area contributed by atoms with Gasteiger partial charge in [0.05, 0.1) is 12.1 Å². The van der Waals surface area contributed by atoms with Crippen LogP contribution in [0.5, 0.6) is 0 Å². The summed E-state index contributed by atoms with van der Waals surface area (Å²) >= 11 is 0. The maximum Gasteiger partial charge on any atom is 0.242 e. The molecule has 0 saturated carbocycles. The molecule has 1 aliphatic heterocycles. The number of carbonyl (C=O) groups is 2. The zero-order valence-electron chi connectivity index (χ0n) is 12.0. The quantitative estimate of drug-likeness (QED) is 0.762. The minimum Gasteiger partial charge on any atom is -0.352 e. The van der Waals surface area contributed by atoms with Gasteiger partial charge in [0.25, 0.3) is 0 Å². The van der Waals surface area contributed by atoms with E-state index in [1.54, 1.807) is 4.90 Å². The lowest BCUT2D eigenvalue weighted by molar-refractivity contribution is -0.143. The summed E-state index contributed by atoms with van der Waals surface area (Å²) in [6.45, 7) is 11.3. The molecule has 1 heterocycles. The molecule has 0 radical (unpaired) electrons. The summed E-state index contributed by atoms with van der Waals surface area (Å²) in [5.41, 5.74) is -0.567. The van der Waals surface area contributed by atoms with Crippen molar-refractivity contribution in [2.45, 2.75) is 46.2 Å². The largest absolute Gasteiger partial charge is 0.352 e. The zero-order chi connectivity index (χ0) is 13.9. The molecule has 1 rings (SSSR count). The molecule has 1 fully saturated rings. The standard InChI is InChI=1S/C13H25N3O2/c1-9(2)10(3)15-11(17)8-16-7-6-14-13(4,5)12(16)18/h9-10,14H,6-8H2,1-5H3,(H,15,17). The predicted octanol–water partition coefficient (Wildman–Crippen LogP) is 0.358. The van der Waals surface area contributed by atoms with Gasteiger partial charge >= 0.3 is 0 Å². The lowest BCUT2D eigenvalue weighted by atomic mass is 10.0. The fourth-order valence-electron chi connectivity index (χ4n) is 1.87. The second kappa shape index (κ2) is 5.69. The van der Waals surface area contributed by atoms with Crippen molar-refractivity contribution in [1.29, 1.82) is 0 Å². The van der Waals surface area contributed by atoms with Gasteiger partial charge in [-0.2, -0.15) is 0 Å². The molecule has 0 aromatic rings. The van der Waals surface area contributed by atoms with Crippen molar-refractivity contribution >= 4 is 11.8 Å². The highest BCUT2D eigenvalue weighted by Gasteiger charge is 2.35. The van der Waals surface area contributed by atoms with Gasteiger partial charge in [0.2, 0.25) is 11.8 Å². The highest BCUT2D eigenvalue weighted by Crippen LogP contribution is 2.12. The Morgan fingerprint density at radius 1 is 1.44 bits per heavy atom. The molecular formula is C13H25N3O2. The first-order valence-corrected chi connectivity index (χ1v) is 6.58. The van der Waals surface area contributed by atoms with E-state index in [1.165, 1.54) is 0 Å². The number of carbonyl (C=O) groups excluding carboxylic acids is 2. The number of nitrogens with one attached hydrogen (secondary N) is 2. The van der Waals surface area contributed by atoms with Crippen molar-refractivity contribution in [3.05, 3.63) is 0 Å². The van der Waals surface area contributed by atoms with Crippen molar-refractivity contribution in [3.63, 3.8) is 0 Å². The van der Waals surface area contributed by atoms with Crippen LogP contribution in [-0.4, -0.2) is 47.9 Å². The van der Waals surface area contributed by atoms with E-state index in [9.17, 15) is 9.59 Å². The molecule has 1 atom stereocenters. The molecule has 104 valence electrons. The van der Waals surface area contributed by atoms with Gasteiger partial charge in [0.1, 0.15) is 0 Å². The highest BCUT2D eigenvalue weighted by atomic mass is 16.2. The van der Waals surface area contributed by atoms with Gasteiger partial charge in [-0.25, -0.2) is 0 Å². The van der Waals surface area contributed by atoms with Gasteiger partial charge in [0.15, 0.2) is 0 Å². The number of piperazine rings is 1. The van der Waals surface area contributed by atoms with Crippen LogP contribution in [0, 0.1) is 5.92 Å². The zero-order valence-corrected chi connectivity index (χ0v) is 12.0. The molecule has 2 N–H and O–H groups in total. The van der Waals surface area contributed by atoms with Crippen LogP contribution in [0.25, 0.3) is 0 Å². The normalized spacial score (nSPS) is 21.0. The third-order valence-corrected chi connectivity index (χ3v) is 3.49. The van der Waals surface area contributed by atoms with Crippen molar-refractivity contribution in [3.8, 4) is 0 Å². The summed E-state index contributed by atoms with van der Waals surface area (Å²) in [7, 11) is 0. The monoisotopic (exact) mass is 255 g/mol. The van der Waals surface area contributed by atoms with Crippen molar-refractivity contribution < 1.29 is 9.59 Å². The SMILES string of the molecule is CC(C)C(C)NC(=O)CN1CCNC(C)(C)C1=O. The van der Waals surface area contributed by atoms with E-state index >= 15 is 0 Å². The third-order valence-electron chi connectivity index (χ3n) is 3.49. The van der Waals surface area contributed by atoms with Crippen LogP contribution in [-0.2, 0) is 9.59 Å². The molecule has 0 bridgehead atoms. The van der Waals surface area contributed by atoms with E-state index in [0.717, 1.165) is 6.54 Å². The summed E-state index contributed by atoms with van der Waals surface area (Å²) in [6.07, 6.45) is 0. The molecular weight excluding hydrogens is 230 g/mol. The van der Waals surface area contributed by atoms with E-state index in [2.05, 4.69) is 24.5 Å². The molecule has 0 aromatic carbocycles. The Labute approximate surface area is 109 Å². The van der Waals surface area contributed by atoms with Gasteiger partial charge < -0.3 is 15.5 Å². The van der Waals surface area contributed by atoms with Crippen molar-refractivity contribution in [1.82, 2.24) is 15.5 Å². The Kier molecular flexibility index (Phi) is 4.73. The molecule has 1 aliphatic rings. The van der Waals surface area contributed by atoms with Crippen LogP contribution in [0.1, 0.15) is 34.6 Å². The number of hydrogen-bond donors (Lipinski definition) is 2. The number of rotatable bonds is 4. The van der Waals surface area contributed by atoms with Crippen LogP contribution in [0.4, 0.5) is 0 Å². The highest BCUT2D eigenvalue weighted by molar-refractivity contribution is 5.90. The van der Waals surface area contributed by atoms with Gasteiger partial charge in [-0.1, -0.05) is 13.8 Å². The Morgan fingerprint density at radius 2 is 2.06 bits per heavy atom. The number of nitrogens with zero attached hydrogens (tertiary/aromatic N) is 1. The summed E-state index contributed by atoms with van der Waals surface area (Å²) in [6, 6.07) is 0.128. The number of hydrogen-bond acceptors (Lipinski definition) is 3. The van der Waals surface area contributed by atoms with Crippen LogP contribution in [0.2, 0.25) is 0 Å². The summed E-state index contributed by atoms with van der Waals surface area (Å²) in [5.74, 6) is 0.299. The molecule has 1 saturated heterocycles. The van der Waals surface area contributed by atoms with Crippen LogP contribution in [0.3, 0.4) is 0 Å². The van der Waals surface area contributed by atoms with E-state index in [-0.39, 0.29) is 24.4 Å².